The summed E-state index contributed by atoms with van der Waals surface area (Å²) in [6, 6.07) is 19.6. The molecule has 0 radical (unpaired) electrons. The van der Waals surface area contributed by atoms with Gasteiger partial charge in [0, 0.05) is 34.9 Å². The van der Waals surface area contributed by atoms with Crippen LogP contribution in [-0.2, 0) is 10.0 Å². The molecule has 1 aromatic heterocycles. The van der Waals surface area contributed by atoms with E-state index in [9.17, 15) is 13.2 Å². The smallest absolute Gasteiger partial charge is 0.255 e. The summed E-state index contributed by atoms with van der Waals surface area (Å²) in [5, 5.41) is 5.57. The van der Waals surface area contributed by atoms with Crippen molar-refractivity contribution in [2.75, 3.05) is 21.9 Å². The number of pyridine rings is 1. The zero-order valence-corrected chi connectivity index (χ0v) is 20.2. The number of sulfonamides is 1. The van der Waals surface area contributed by atoms with Crippen molar-refractivity contribution in [3.8, 4) is 11.3 Å². The number of aromatic nitrogens is 1. The van der Waals surface area contributed by atoms with Crippen LogP contribution in [0.1, 0.15) is 16.8 Å². The van der Waals surface area contributed by atoms with Crippen molar-refractivity contribution in [2.24, 2.45) is 0 Å². The highest BCUT2D eigenvalue weighted by Gasteiger charge is 2.30. The van der Waals surface area contributed by atoms with Gasteiger partial charge < -0.3 is 5.32 Å². The number of rotatable bonds is 4. The SMILES string of the molecule is O=C(Nc1ccc(Cl)c(-c2nccc3ccccc23)c1)c1ccc(N2CCCS2(=O)=O)c(Cl)c1. The normalized spacial score (nSPS) is 14.9. The molecule has 34 heavy (non-hydrogen) atoms. The molecule has 1 aliphatic heterocycles. The molecule has 0 spiro atoms. The van der Waals surface area contributed by atoms with Crippen LogP contribution in [0.4, 0.5) is 11.4 Å². The van der Waals surface area contributed by atoms with Gasteiger partial charge in [-0.15, -0.1) is 0 Å². The van der Waals surface area contributed by atoms with E-state index in [0.29, 0.717) is 40.5 Å². The third kappa shape index (κ3) is 4.22. The lowest BCUT2D eigenvalue weighted by molar-refractivity contribution is 0.102. The molecule has 2 heterocycles. The summed E-state index contributed by atoms with van der Waals surface area (Å²) < 4.78 is 25.7. The van der Waals surface area contributed by atoms with Gasteiger partial charge in [0.25, 0.3) is 5.91 Å². The lowest BCUT2D eigenvalue weighted by Gasteiger charge is -2.18. The van der Waals surface area contributed by atoms with Crippen LogP contribution in [0.5, 0.6) is 0 Å². The fourth-order valence-corrected chi connectivity index (χ4v) is 6.20. The number of nitrogens with zero attached hydrogens (tertiary/aromatic N) is 2. The molecule has 4 aromatic rings. The molecule has 1 N–H and O–H groups in total. The van der Waals surface area contributed by atoms with Crippen molar-refractivity contribution >= 4 is 61.3 Å². The number of anilines is 2. The summed E-state index contributed by atoms with van der Waals surface area (Å²) in [6.45, 7) is 0.378. The molecule has 1 amide bonds. The number of benzene rings is 3. The number of fused-ring (bicyclic) bond motifs is 1. The zero-order chi connectivity index (χ0) is 23.9. The zero-order valence-electron chi connectivity index (χ0n) is 17.8. The van der Waals surface area contributed by atoms with E-state index >= 15 is 0 Å². The number of hydrogen-bond donors (Lipinski definition) is 1. The first-order valence-electron chi connectivity index (χ1n) is 10.6. The second-order valence-corrected chi connectivity index (χ2v) is 10.8. The number of amides is 1. The predicted molar refractivity (Wildman–Crippen MR) is 137 cm³/mol. The van der Waals surface area contributed by atoms with Crippen LogP contribution in [-0.4, -0.2) is 31.6 Å². The van der Waals surface area contributed by atoms with Gasteiger partial charge in [-0.1, -0.05) is 47.5 Å². The van der Waals surface area contributed by atoms with Crippen LogP contribution < -0.4 is 9.62 Å². The first-order valence-corrected chi connectivity index (χ1v) is 12.9. The molecular formula is C25H19Cl2N3O3S. The Balaban J connectivity index is 1.43. The van der Waals surface area contributed by atoms with E-state index in [0.717, 1.165) is 16.5 Å². The number of carbonyl (C=O) groups excluding carboxylic acids is 1. The third-order valence-corrected chi connectivity index (χ3v) is 8.22. The molecule has 6 nitrogen and oxygen atoms in total. The highest BCUT2D eigenvalue weighted by Crippen LogP contribution is 2.35. The monoisotopic (exact) mass is 511 g/mol. The molecule has 0 atom stereocenters. The van der Waals surface area contributed by atoms with Gasteiger partial charge in [0.2, 0.25) is 10.0 Å². The Kier molecular flexibility index (Phi) is 5.93. The highest BCUT2D eigenvalue weighted by atomic mass is 35.5. The second kappa shape index (κ2) is 8.91. The Morgan fingerprint density at radius 1 is 0.971 bits per heavy atom. The topological polar surface area (TPSA) is 79.4 Å². The summed E-state index contributed by atoms with van der Waals surface area (Å²) in [6.07, 6.45) is 2.27. The lowest BCUT2D eigenvalue weighted by Crippen LogP contribution is -2.25. The van der Waals surface area contributed by atoms with Gasteiger partial charge in [-0.05, 0) is 54.3 Å². The highest BCUT2D eigenvalue weighted by molar-refractivity contribution is 7.93. The van der Waals surface area contributed by atoms with Crippen molar-refractivity contribution in [1.82, 2.24) is 4.98 Å². The summed E-state index contributed by atoms with van der Waals surface area (Å²) >= 11 is 12.8. The van der Waals surface area contributed by atoms with E-state index in [4.69, 9.17) is 23.2 Å². The van der Waals surface area contributed by atoms with Crippen molar-refractivity contribution in [3.05, 3.63) is 88.5 Å². The number of halogens is 2. The van der Waals surface area contributed by atoms with Crippen molar-refractivity contribution < 1.29 is 13.2 Å². The van der Waals surface area contributed by atoms with E-state index in [2.05, 4.69) is 10.3 Å². The Labute approximate surface area is 207 Å². The third-order valence-electron chi connectivity index (χ3n) is 5.73. The van der Waals surface area contributed by atoms with E-state index in [1.165, 1.54) is 10.4 Å². The van der Waals surface area contributed by atoms with Gasteiger partial charge in [-0.3, -0.25) is 14.1 Å². The van der Waals surface area contributed by atoms with Gasteiger partial charge in [-0.2, -0.15) is 0 Å². The summed E-state index contributed by atoms with van der Waals surface area (Å²) in [7, 11) is -3.37. The quantitative estimate of drug-likeness (QED) is 0.364. The Morgan fingerprint density at radius 3 is 2.56 bits per heavy atom. The largest absolute Gasteiger partial charge is 0.322 e. The van der Waals surface area contributed by atoms with Crippen LogP contribution in [0.3, 0.4) is 0 Å². The molecule has 0 aliphatic carbocycles. The number of hydrogen-bond acceptors (Lipinski definition) is 4. The molecule has 0 saturated carbocycles. The van der Waals surface area contributed by atoms with E-state index in [1.807, 2.05) is 30.3 Å². The minimum atomic E-state index is -3.37. The summed E-state index contributed by atoms with van der Waals surface area (Å²) in [5.74, 6) is -0.285. The fourth-order valence-electron chi connectivity index (χ4n) is 4.08. The standard InChI is InChI=1S/C25H19Cl2N3O3S/c26-21-8-7-18(15-20(21)24-19-5-2-1-4-16(19)10-11-28-24)29-25(31)17-6-9-23(22(27)14-17)30-12-3-13-34(30,32)33/h1-2,4-11,14-15H,3,12-13H2,(H,29,31). The minimum absolute atomic E-state index is 0.0933. The first-order chi connectivity index (χ1) is 16.3. The van der Waals surface area contributed by atoms with Crippen LogP contribution >= 0.6 is 23.2 Å². The van der Waals surface area contributed by atoms with Crippen molar-refractivity contribution in [1.29, 1.82) is 0 Å². The Bertz CT molecular complexity index is 1530. The van der Waals surface area contributed by atoms with Crippen LogP contribution in [0.15, 0.2) is 72.9 Å². The van der Waals surface area contributed by atoms with Gasteiger partial charge in [0.05, 0.1) is 27.2 Å². The van der Waals surface area contributed by atoms with Gasteiger partial charge >= 0.3 is 0 Å². The number of carbonyl (C=O) groups is 1. The molecule has 1 aliphatic rings. The van der Waals surface area contributed by atoms with Gasteiger partial charge in [-0.25, -0.2) is 8.42 Å². The van der Waals surface area contributed by atoms with Gasteiger partial charge in [0.1, 0.15) is 0 Å². The molecular weight excluding hydrogens is 493 g/mol. The molecule has 5 rings (SSSR count). The molecule has 1 saturated heterocycles. The van der Waals surface area contributed by atoms with Gasteiger partial charge in [0.15, 0.2) is 0 Å². The van der Waals surface area contributed by atoms with E-state index in [-0.39, 0.29) is 16.7 Å². The molecule has 9 heteroatoms. The minimum Gasteiger partial charge on any atom is -0.322 e. The molecule has 172 valence electrons. The lowest BCUT2D eigenvalue weighted by atomic mass is 10.0. The fraction of sp³-hybridized carbons (Fsp3) is 0.120. The van der Waals surface area contributed by atoms with E-state index < -0.39 is 10.0 Å². The molecule has 1 fully saturated rings. The number of nitrogens with one attached hydrogen (secondary N) is 1. The average Bonchev–Trinajstić information content (AvgIpc) is 3.18. The second-order valence-electron chi connectivity index (χ2n) is 7.94. The Hall–Kier alpha value is -3.13. The maximum atomic E-state index is 12.9. The van der Waals surface area contributed by atoms with Crippen molar-refractivity contribution in [3.63, 3.8) is 0 Å². The van der Waals surface area contributed by atoms with Crippen LogP contribution in [0, 0.1) is 0 Å². The van der Waals surface area contributed by atoms with E-state index in [1.54, 1.807) is 36.5 Å². The predicted octanol–water partition coefficient (Wildman–Crippen LogP) is 6.00. The molecule has 3 aromatic carbocycles. The molecule has 0 bridgehead atoms. The van der Waals surface area contributed by atoms with Crippen molar-refractivity contribution in [2.45, 2.75) is 6.42 Å². The summed E-state index contributed by atoms with van der Waals surface area (Å²) in [5.41, 5.74) is 2.65. The Morgan fingerprint density at radius 2 is 1.79 bits per heavy atom. The van der Waals surface area contributed by atoms with Crippen LogP contribution in [0.25, 0.3) is 22.0 Å². The maximum Gasteiger partial charge on any atom is 0.255 e. The average molecular weight is 512 g/mol. The van der Waals surface area contributed by atoms with Crippen LogP contribution in [0.2, 0.25) is 10.0 Å². The summed E-state index contributed by atoms with van der Waals surface area (Å²) in [4.78, 5) is 17.4. The molecule has 0 unspecified atom stereocenters. The maximum absolute atomic E-state index is 12.9. The first kappa shape index (κ1) is 22.7.